The molecule has 0 amide bonds. The monoisotopic (exact) mass is 324 g/mol. The second kappa shape index (κ2) is 4.51. The van der Waals surface area contributed by atoms with Gasteiger partial charge < -0.3 is 0 Å². The number of allylic oxidation sites excluding steroid dienone is 4. The van der Waals surface area contributed by atoms with E-state index >= 15 is 0 Å². The number of rotatable bonds is 1. The van der Waals surface area contributed by atoms with Gasteiger partial charge in [0.1, 0.15) is 5.78 Å². The molecule has 2 nitrogen and oxygen atoms in total. The molecule has 0 aromatic heterocycles. The third kappa shape index (κ3) is 1.46. The predicted molar refractivity (Wildman–Crippen MR) is 93.3 cm³/mol. The highest BCUT2D eigenvalue weighted by Gasteiger charge is 2.74. The number of carbonyl (C=O) groups is 2. The Bertz CT molecular complexity index is 689. The van der Waals surface area contributed by atoms with E-state index in [2.05, 4.69) is 19.1 Å². The van der Waals surface area contributed by atoms with Gasteiger partial charge in [0.25, 0.3) is 0 Å². The number of carbonyl (C=O) groups excluding carboxylic acids is 2. The molecular weight excluding hydrogens is 296 g/mol. The van der Waals surface area contributed by atoms with Crippen LogP contribution in [-0.2, 0) is 9.59 Å². The fourth-order valence-electron chi connectivity index (χ4n) is 8.13. The summed E-state index contributed by atoms with van der Waals surface area (Å²) in [7, 11) is 0. The van der Waals surface area contributed by atoms with E-state index in [9.17, 15) is 9.59 Å². The zero-order valence-electron chi connectivity index (χ0n) is 14.9. The van der Waals surface area contributed by atoms with Crippen LogP contribution in [0.15, 0.2) is 23.8 Å². The maximum absolute atomic E-state index is 12.6. The summed E-state index contributed by atoms with van der Waals surface area (Å²) in [6, 6.07) is 0. The summed E-state index contributed by atoms with van der Waals surface area (Å²) in [4.78, 5) is 24.4. The molecule has 3 saturated carbocycles. The van der Waals surface area contributed by atoms with E-state index in [1.807, 2.05) is 13.0 Å². The molecule has 2 heteroatoms. The number of hydrogen-bond donors (Lipinski definition) is 0. The molecule has 2 bridgehead atoms. The SMILES string of the molecule is CC(=O)C12CCC3(CC1)[C@@H]1C=CC4=CC(=O)CC[C@@H]4[C@H]1CC[C@]23C. The summed E-state index contributed by atoms with van der Waals surface area (Å²) in [5.74, 6) is 2.66. The van der Waals surface area contributed by atoms with Crippen LogP contribution in [0, 0.1) is 34.0 Å². The highest BCUT2D eigenvalue weighted by molar-refractivity contribution is 5.92. The van der Waals surface area contributed by atoms with Gasteiger partial charge in [0.05, 0.1) is 0 Å². The van der Waals surface area contributed by atoms with Crippen LogP contribution < -0.4 is 0 Å². The van der Waals surface area contributed by atoms with Gasteiger partial charge in [-0.25, -0.2) is 0 Å². The zero-order chi connectivity index (χ0) is 16.7. The lowest BCUT2D eigenvalue weighted by molar-refractivity contribution is -0.136. The van der Waals surface area contributed by atoms with Crippen LogP contribution in [0.1, 0.15) is 65.2 Å². The molecule has 0 aromatic carbocycles. The Kier molecular flexibility index (Phi) is 2.84. The first-order valence-corrected chi connectivity index (χ1v) is 9.87. The van der Waals surface area contributed by atoms with Crippen LogP contribution in [0.2, 0.25) is 0 Å². The van der Waals surface area contributed by atoms with Gasteiger partial charge in [-0.15, -0.1) is 0 Å². The Labute approximate surface area is 144 Å². The van der Waals surface area contributed by atoms with Crippen LogP contribution in [0.5, 0.6) is 0 Å². The van der Waals surface area contributed by atoms with E-state index < -0.39 is 0 Å². The standard InChI is InChI=1S/C22H28O2/c1-14(23)21-9-11-22(12-10-21)19-6-3-15-13-16(24)4-5-17(15)18(19)7-8-20(21,22)2/h3,6,13,17-19H,4-5,7-12H2,1-2H3/t17-,18+,19+,20+,21?,22?/m0/s1. The Morgan fingerprint density at radius 2 is 1.88 bits per heavy atom. The minimum atomic E-state index is -0.0372. The summed E-state index contributed by atoms with van der Waals surface area (Å²) in [5.41, 5.74) is 1.79. The molecule has 0 radical (unpaired) electrons. The van der Waals surface area contributed by atoms with Crippen LogP contribution in [-0.4, -0.2) is 11.6 Å². The smallest absolute Gasteiger partial charge is 0.155 e. The average Bonchev–Trinajstić information content (AvgIpc) is 2.99. The summed E-state index contributed by atoms with van der Waals surface area (Å²) >= 11 is 0. The quantitative estimate of drug-likeness (QED) is 0.704. The van der Waals surface area contributed by atoms with Gasteiger partial charge in [-0.1, -0.05) is 19.1 Å². The second-order valence-corrected chi connectivity index (χ2v) is 9.47. The summed E-state index contributed by atoms with van der Waals surface area (Å²) in [6.45, 7) is 4.30. The fourth-order valence-corrected chi connectivity index (χ4v) is 8.13. The van der Waals surface area contributed by atoms with E-state index in [0.717, 1.165) is 25.7 Å². The average molecular weight is 324 g/mol. The Hall–Kier alpha value is -1.18. The predicted octanol–water partition coefficient (Wildman–Crippen LogP) is 4.64. The molecule has 0 N–H and O–H groups in total. The van der Waals surface area contributed by atoms with Crippen molar-refractivity contribution in [1.82, 2.24) is 0 Å². The molecule has 5 rings (SSSR count). The molecule has 5 aliphatic carbocycles. The normalized spacial score (nSPS) is 51.7. The lowest BCUT2D eigenvalue weighted by Gasteiger charge is -2.57. The van der Waals surface area contributed by atoms with E-state index in [1.54, 1.807) is 0 Å². The minimum Gasteiger partial charge on any atom is -0.299 e. The first-order valence-electron chi connectivity index (χ1n) is 9.87. The summed E-state index contributed by atoms with van der Waals surface area (Å²) in [6.07, 6.45) is 15.5. The molecule has 128 valence electrons. The molecule has 3 fully saturated rings. The van der Waals surface area contributed by atoms with E-state index in [-0.39, 0.29) is 10.8 Å². The van der Waals surface area contributed by atoms with Crippen molar-refractivity contribution in [2.24, 2.45) is 34.0 Å². The largest absolute Gasteiger partial charge is 0.299 e. The van der Waals surface area contributed by atoms with Crippen molar-refractivity contribution in [2.45, 2.75) is 65.2 Å². The maximum atomic E-state index is 12.6. The summed E-state index contributed by atoms with van der Waals surface area (Å²) < 4.78 is 0. The molecule has 0 heterocycles. The third-order valence-electron chi connectivity index (χ3n) is 9.37. The van der Waals surface area contributed by atoms with Crippen LogP contribution in [0.3, 0.4) is 0 Å². The molecule has 0 unspecified atom stereocenters. The molecule has 0 spiro atoms. The Balaban J connectivity index is 1.61. The van der Waals surface area contributed by atoms with Gasteiger partial charge in [0, 0.05) is 11.8 Å². The number of Topliss-reactive ketones (excluding diaryl/α,β-unsaturated/α-hetero) is 1. The van der Waals surface area contributed by atoms with Gasteiger partial charge in [0.2, 0.25) is 0 Å². The third-order valence-corrected chi connectivity index (χ3v) is 9.37. The second-order valence-electron chi connectivity index (χ2n) is 9.47. The maximum Gasteiger partial charge on any atom is 0.155 e. The van der Waals surface area contributed by atoms with Crippen LogP contribution in [0.4, 0.5) is 0 Å². The lowest BCUT2D eigenvalue weighted by Crippen LogP contribution is -2.52. The van der Waals surface area contributed by atoms with Crippen LogP contribution in [0.25, 0.3) is 0 Å². The van der Waals surface area contributed by atoms with Crippen molar-refractivity contribution in [2.75, 3.05) is 0 Å². The van der Waals surface area contributed by atoms with Crippen molar-refractivity contribution in [3.05, 3.63) is 23.8 Å². The molecule has 0 aliphatic heterocycles. The molecule has 0 saturated heterocycles. The topological polar surface area (TPSA) is 34.1 Å². The fraction of sp³-hybridized carbons (Fsp3) is 0.727. The van der Waals surface area contributed by atoms with Gasteiger partial charge >= 0.3 is 0 Å². The highest BCUT2D eigenvalue weighted by Crippen LogP contribution is 2.80. The van der Waals surface area contributed by atoms with Crippen molar-refractivity contribution in [3.8, 4) is 0 Å². The molecular formula is C22H28O2. The Morgan fingerprint density at radius 1 is 1.12 bits per heavy atom. The zero-order valence-corrected chi connectivity index (χ0v) is 14.9. The molecule has 24 heavy (non-hydrogen) atoms. The van der Waals surface area contributed by atoms with Crippen molar-refractivity contribution in [3.63, 3.8) is 0 Å². The number of ketones is 2. The molecule has 0 aromatic rings. The van der Waals surface area contributed by atoms with Crippen molar-refractivity contribution >= 4 is 11.6 Å². The lowest BCUT2D eigenvalue weighted by atomic mass is 9.46. The van der Waals surface area contributed by atoms with Gasteiger partial charge in [0.15, 0.2) is 5.78 Å². The van der Waals surface area contributed by atoms with Crippen LogP contribution >= 0.6 is 0 Å². The molecule has 5 aliphatic rings. The van der Waals surface area contributed by atoms with E-state index in [1.165, 1.54) is 31.3 Å². The Morgan fingerprint density at radius 3 is 2.58 bits per heavy atom. The molecule has 4 atom stereocenters. The van der Waals surface area contributed by atoms with Crippen molar-refractivity contribution < 1.29 is 9.59 Å². The summed E-state index contributed by atoms with van der Waals surface area (Å²) in [5, 5.41) is 0. The number of fused-ring (bicyclic) bond motifs is 3. The van der Waals surface area contributed by atoms with Crippen molar-refractivity contribution in [1.29, 1.82) is 0 Å². The van der Waals surface area contributed by atoms with E-state index in [0.29, 0.717) is 34.7 Å². The van der Waals surface area contributed by atoms with Gasteiger partial charge in [-0.05, 0) is 92.1 Å². The number of hydrogen-bond acceptors (Lipinski definition) is 2. The first kappa shape index (κ1) is 15.1. The first-order chi connectivity index (χ1) is 11.4. The van der Waals surface area contributed by atoms with Gasteiger partial charge in [-0.2, -0.15) is 0 Å². The highest BCUT2D eigenvalue weighted by atomic mass is 16.1. The van der Waals surface area contributed by atoms with Gasteiger partial charge in [-0.3, -0.25) is 9.59 Å². The van der Waals surface area contributed by atoms with E-state index in [4.69, 9.17) is 0 Å². The minimum absolute atomic E-state index is 0.0372.